The van der Waals surface area contributed by atoms with E-state index in [0.29, 0.717) is 0 Å². The van der Waals surface area contributed by atoms with Crippen molar-refractivity contribution in [2.24, 2.45) is 0 Å². The van der Waals surface area contributed by atoms with E-state index in [2.05, 4.69) is 17.9 Å². The number of alkyl carbamates (subject to hydrolysis) is 1. The van der Waals surface area contributed by atoms with Gasteiger partial charge in [0, 0.05) is 12.2 Å². The fourth-order valence-corrected chi connectivity index (χ4v) is 2.04. The van der Waals surface area contributed by atoms with Gasteiger partial charge in [-0.3, -0.25) is 4.79 Å². The Morgan fingerprint density at radius 1 is 1.23 bits per heavy atom. The number of methoxy groups -OCH3 is 1. The second-order valence-electron chi connectivity index (χ2n) is 5.87. The molecule has 122 valence electrons. The van der Waals surface area contributed by atoms with E-state index < -0.39 is 17.7 Å². The summed E-state index contributed by atoms with van der Waals surface area (Å²) in [6.45, 7) is 5.30. The number of rotatable bonds is 6. The first-order valence-electron chi connectivity index (χ1n) is 7.01. The van der Waals surface area contributed by atoms with E-state index in [1.165, 1.54) is 0 Å². The molecule has 0 aliphatic heterocycles. The lowest BCUT2D eigenvalue weighted by atomic mass is 10.0. The Labute approximate surface area is 136 Å². The van der Waals surface area contributed by atoms with Crippen LogP contribution >= 0.6 is 12.6 Å². The number of ketones is 1. The van der Waals surface area contributed by atoms with Crippen molar-refractivity contribution in [3.05, 3.63) is 29.8 Å². The number of hydrogen-bond acceptors (Lipinski definition) is 5. The highest BCUT2D eigenvalue weighted by molar-refractivity contribution is 7.80. The van der Waals surface area contributed by atoms with Crippen LogP contribution in [-0.4, -0.2) is 36.4 Å². The quantitative estimate of drug-likeness (QED) is 0.789. The molecule has 5 nitrogen and oxygen atoms in total. The molecule has 0 saturated heterocycles. The molecular weight excluding hydrogens is 302 g/mol. The van der Waals surface area contributed by atoms with Gasteiger partial charge in [0.15, 0.2) is 5.78 Å². The van der Waals surface area contributed by atoms with Crippen LogP contribution in [0.2, 0.25) is 0 Å². The van der Waals surface area contributed by atoms with E-state index >= 15 is 0 Å². The molecule has 1 atom stereocenters. The lowest BCUT2D eigenvalue weighted by molar-refractivity contribution is -0.119. The van der Waals surface area contributed by atoms with Crippen LogP contribution in [0.1, 0.15) is 26.3 Å². The number of carbonyl (C=O) groups is 2. The number of thiol groups is 1. The number of ether oxygens (including phenoxy) is 2. The number of amides is 1. The highest BCUT2D eigenvalue weighted by Crippen LogP contribution is 2.13. The minimum absolute atomic E-state index is 0.119. The molecule has 1 rings (SSSR count). The summed E-state index contributed by atoms with van der Waals surface area (Å²) in [7, 11) is 1.59. The maximum absolute atomic E-state index is 12.2. The Morgan fingerprint density at radius 2 is 1.82 bits per heavy atom. The van der Waals surface area contributed by atoms with Crippen LogP contribution < -0.4 is 10.1 Å². The summed E-state index contributed by atoms with van der Waals surface area (Å²) in [5.74, 6) is 0.827. The van der Waals surface area contributed by atoms with Crippen LogP contribution in [-0.2, 0) is 16.0 Å². The van der Waals surface area contributed by atoms with E-state index in [-0.39, 0.29) is 18.0 Å². The fraction of sp³-hybridized carbons (Fsp3) is 0.500. The third-order valence-corrected chi connectivity index (χ3v) is 3.16. The predicted molar refractivity (Wildman–Crippen MR) is 88.7 cm³/mol. The summed E-state index contributed by atoms with van der Waals surface area (Å²) in [5.41, 5.74) is 0.244. The van der Waals surface area contributed by atoms with Gasteiger partial charge in [-0.2, -0.15) is 12.6 Å². The zero-order valence-electron chi connectivity index (χ0n) is 13.4. The Kier molecular flexibility index (Phi) is 6.74. The van der Waals surface area contributed by atoms with Crippen LogP contribution in [0.5, 0.6) is 5.75 Å². The van der Waals surface area contributed by atoms with Gasteiger partial charge in [0.05, 0.1) is 13.2 Å². The molecule has 1 N–H and O–H groups in total. The van der Waals surface area contributed by atoms with Crippen LogP contribution in [0, 0.1) is 0 Å². The van der Waals surface area contributed by atoms with Gasteiger partial charge in [0.2, 0.25) is 0 Å². The molecule has 0 heterocycles. The minimum atomic E-state index is -0.680. The molecule has 0 aliphatic rings. The largest absolute Gasteiger partial charge is 0.497 e. The summed E-state index contributed by atoms with van der Waals surface area (Å²) in [4.78, 5) is 24.0. The Balaban J connectivity index is 2.61. The first kappa shape index (κ1) is 18.4. The van der Waals surface area contributed by atoms with Crippen molar-refractivity contribution in [1.29, 1.82) is 0 Å². The van der Waals surface area contributed by atoms with Crippen molar-refractivity contribution in [1.82, 2.24) is 5.32 Å². The molecule has 1 aromatic carbocycles. The van der Waals surface area contributed by atoms with E-state index in [1.807, 2.05) is 12.1 Å². The maximum Gasteiger partial charge on any atom is 0.408 e. The minimum Gasteiger partial charge on any atom is -0.497 e. The summed E-state index contributed by atoms with van der Waals surface area (Å²) >= 11 is 4.13. The van der Waals surface area contributed by atoms with E-state index in [0.717, 1.165) is 11.3 Å². The van der Waals surface area contributed by atoms with E-state index in [9.17, 15) is 9.59 Å². The van der Waals surface area contributed by atoms with Gasteiger partial charge in [-0.25, -0.2) is 4.79 Å². The molecule has 0 bridgehead atoms. The SMILES string of the molecule is COc1ccc(CC(=O)[C@H](CS)NC(=O)OC(C)(C)C)cc1. The highest BCUT2D eigenvalue weighted by atomic mass is 32.1. The first-order chi connectivity index (χ1) is 10.2. The number of carbonyl (C=O) groups excluding carboxylic acids is 2. The molecule has 6 heteroatoms. The lowest BCUT2D eigenvalue weighted by Crippen LogP contribution is -2.45. The molecule has 1 aromatic rings. The molecule has 1 amide bonds. The van der Waals surface area contributed by atoms with E-state index in [1.54, 1.807) is 40.0 Å². The van der Waals surface area contributed by atoms with Gasteiger partial charge in [-0.15, -0.1) is 0 Å². The van der Waals surface area contributed by atoms with Crippen molar-refractivity contribution in [3.63, 3.8) is 0 Å². The number of nitrogens with one attached hydrogen (secondary N) is 1. The number of Topliss-reactive ketones (excluding diaryl/α,β-unsaturated/α-hetero) is 1. The molecule has 0 aromatic heterocycles. The number of benzene rings is 1. The maximum atomic E-state index is 12.2. The topological polar surface area (TPSA) is 64.6 Å². The third-order valence-electron chi connectivity index (χ3n) is 2.80. The Morgan fingerprint density at radius 3 is 2.27 bits per heavy atom. The van der Waals surface area contributed by atoms with Crippen molar-refractivity contribution in [3.8, 4) is 5.75 Å². The average molecular weight is 325 g/mol. The molecule has 0 spiro atoms. The smallest absolute Gasteiger partial charge is 0.408 e. The molecule has 0 saturated carbocycles. The lowest BCUT2D eigenvalue weighted by Gasteiger charge is -2.22. The molecule has 0 aliphatic carbocycles. The fourth-order valence-electron chi connectivity index (χ4n) is 1.75. The average Bonchev–Trinajstić information content (AvgIpc) is 2.43. The van der Waals surface area contributed by atoms with Crippen molar-refractivity contribution < 1.29 is 19.1 Å². The highest BCUT2D eigenvalue weighted by Gasteiger charge is 2.23. The molecule has 22 heavy (non-hydrogen) atoms. The zero-order valence-corrected chi connectivity index (χ0v) is 14.3. The third kappa shape index (κ3) is 6.39. The van der Waals surface area contributed by atoms with Crippen molar-refractivity contribution in [2.75, 3.05) is 12.9 Å². The summed E-state index contributed by atoms with van der Waals surface area (Å²) in [6, 6.07) is 6.54. The summed E-state index contributed by atoms with van der Waals surface area (Å²) in [5, 5.41) is 2.55. The molecule has 0 fully saturated rings. The Hall–Kier alpha value is -1.69. The zero-order chi connectivity index (χ0) is 16.8. The monoisotopic (exact) mass is 325 g/mol. The number of hydrogen-bond donors (Lipinski definition) is 2. The van der Waals surface area contributed by atoms with Crippen LogP contribution in [0.4, 0.5) is 4.79 Å². The van der Waals surface area contributed by atoms with Gasteiger partial charge in [-0.1, -0.05) is 12.1 Å². The predicted octanol–water partition coefficient (Wildman–Crippen LogP) is 2.63. The molecular formula is C16H23NO4S. The van der Waals surface area contributed by atoms with Crippen LogP contribution in [0.3, 0.4) is 0 Å². The van der Waals surface area contributed by atoms with Crippen LogP contribution in [0.15, 0.2) is 24.3 Å². The van der Waals surface area contributed by atoms with Gasteiger partial charge in [0.25, 0.3) is 0 Å². The summed E-state index contributed by atoms with van der Waals surface area (Å²) < 4.78 is 10.2. The van der Waals surface area contributed by atoms with Gasteiger partial charge < -0.3 is 14.8 Å². The second kappa shape index (κ2) is 8.08. The standard InChI is InChI=1S/C16H23NO4S/c1-16(2,3)21-15(19)17-13(10-22)14(18)9-11-5-7-12(20-4)8-6-11/h5-8,13,22H,9-10H2,1-4H3,(H,17,19)/t13-/m0/s1. The molecule has 0 unspecified atom stereocenters. The normalized spacial score (nSPS) is 12.4. The van der Waals surface area contributed by atoms with Crippen molar-refractivity contribution >= 4 is 24.5 Å². The van der Waals surface area contributed by atoms with Crippen LogP contribution in [0.25, 0.3) is 0 Å². The van der Waals surface area contributed by atoms with Crippen molar-refractivity contribution in [2.45, 2.75) is 38.8 Å². The summed E-state index contributed by atoms with van der Waals surface area (Å²) in [6.07, 6.45) is -0.403. The van der Waals surface area contributed by atoms with Gasteiger partial charge in [0.1, 0.15) is 11.4 Å². The van der Waals surface area contributed by atoms with Gasteiger partial charge >= 0.3 is 6.09 Å². The first-order valence-corrected chi connectivity index (χ1v) is 7.64. The van der Waals surface area contributed by atoms with E-state index in [4.69, 9.17) is 9.47 Å². The molecule has 0 radical (unpaired) electrons. The second-order valence-corrected chi connectivity index (χ2v) is 6.24. The Bertz CT molecular complexity index is 508. The van der Waals surface area contributed by atoms with Gasteiger partial charge in [-0.05, 0) is 38.5 Å².